The van der Waals surface area contributed by atoms with Crippen LogP contribution >= 0.6 is 0 Å². The van der Waals surface area contributed by atoms with Gasteiger partial charge in [0, 0.05) is 6.54 Å². The summed E-state index contributed by atoms with van der Waals surface area (Å²) in [5.74, 6) is -0.287. The van der Waals surface area contributed by atoms with E-state index in [9.17, 15) is 17.6 Å². The van der Waals surface area contributed by atoms with E-state index in [1.54, 1.807) is 12.1 Å². The predicted octanol–water partition coefficient (Wildman–Crippen LogP) is 4.18. The van der Waals surface area contributed by atoms with Crippen LogP contribution in [0.1, 0.15) is 16.7 Å². The molecule has 0 fully saturated rings. The quantitative estimate of drug-likeness (QED) is 0.645. The lowest BCUT2D eigenvalue weighted by molar-refractivity contribution is -0.137. The van der Waals surface area contributed by atoms with E-state index in [1.807, 2.05) is 6.07 Å². The Labute approximate surface area is 120 Å². The molecule has 0 saturated heterocycles. The highest BCUT2D eigenvalue weighted by Crippen LogP contribution is 2.29. The molecule has 1 nitrogen and oxygen atoms in total. The topological polar surface area (TPSA) is 12.0 Å². The second-order valence-electron chi connectivity index (χ2n) is 4.75. The Bertz CT molecular complexity index is 593. The van der Waals surface area contributed by atoms with Crippen molar-refractivity contribution < 1.29 is 17.6 Å². The minimum atomic E-state index is -4.32. The molecule has 21 heavy (non-hydrogen) atoms. The Morgan fingerprint density at radius 3 is 2.33 bits per heavy atom. The van der Waals surface area contributed by atoms with Crippen molar-refractivity contribution in [2.24, 2.45) is 0 Å². The van der Waals surface area contributed by atoms with Gasteiger partial charge in [0.2, 0.25) is 0 Å². The van der Waals surface area contributed by atoms with Crippen LogP contribution in [0.4, 0.5) is 17.6 Å². The van der Waals surface area contributed by atoms with Gasteiger partial charge in [0.05, 0.1) is 5.56 Å². The molecule has 0 heterocycles. The standard InChI is InChI=1S/C16H15F4N/c17-15-6-2-3-12(10-15)7-8-21-11-13-4-1-5-14(9-13)16(18,19)20/h1-6,9-10,21H,7-8,11H2. The summed E-state index contributed by atoms with van der Waals surface area (Å²) in [6, 6.07) is 11.5. The highest BCUT2D eigenvalue weighted by molar-refractivity contribution is 5.25. The fourth-order valence-corrected chi connectivity index (χ4v) is 2.02. The zero-order chi connectivity index (χ0) is 15.3. The van der Waals surface area contributed by atoms with Gasteiger partial charge in [-0.25, -0.2) is 4.39 Å². The maximum absolute atomic E-state index is 13.0. The molecule has 2 aromatic carbocycles. The van der Waals surface area contributed by atoms with Gasteiger partial charge in [-0.3, -0.25) is 0 Å². The first-order chi connectivity index (χ1) is 9.95. The smallest absolute Gasteiger partial charge is 0.312 e. The average Bonchev–Trinajstić information content (AvgIpc) is 2.43. The van der Waals surface area contributed by atoms with Gasteiger partial charge < -0.3 is 5.32 Å². The fourth-order valence-electron chi connectivity index (χ4n) is 2.02. The van der Waals surface area contributed by atoms with Gasteiger partial charge in [0.15, 0.2) is 0 Å². The van der Waals surface area contributed by atoms with Crippen LogP contribution in [0, 0.1) is 5.82 Å². The first-order valence-corrected chi connectivity index (χ1v) is 6.56. The molecule has 0 radical (unpaired) electrons. The predicted molar refractivity (Wildman–Crippen MR) is 73.3 cm³/mol. The third-order valence-corrected chi connectivity index (χ3v) is 3.06. The van der Waals surface area contributed by atoms with Crippen LogP contribution in [-0.4, -0.2) is 6.54 Å². The lowest BCUT2D eigenvalue weighted by Gasteiger charge is -2.09. The van der Waals surface area contributed by atoms with Gasteiger partial charge >= 0.3 is 6.18 Å². The third kappa shape index (κ3) is 4.86. The van der Waals surface area contributed by atoms with Crippen molar-refractivity contribution in [1.29, 1.82) is 0 Å². The Hall–Kier alpha value is -1.88. The van der Waals surface area contributed by atoms with E-state index in [1.165, 1.54) is 18.2 Å². The molecule has 5 heteroatoms. The molecule has 0 atom stereocenters. The molecule has 0 aliphatic rings. The fraction of sp³-hybridized carbons (Fsp3) is 0.250. The van der Waals surface area contributed by atoms with Crippen LogP contribution in [-0.2, 0) is 19.1 Å². The summed E-state index contributed by atoms with van der Waals surface area (Å²) in [5, 5.41) is 3.06. The molecule has 1 N–H and O–H groups in total. The normalized spacial score (nSPS) is 11.6. The summed E-state index contributed by atoms with van der Waals surface area (Å²) in [4.78, 5) is 0. The minimum Gasteiger partial charge on any atom is -0.312 e. The van der Waals surface area contributed by atoms with Crippen LogP contribution in [0.15, 0.2) is 48.5 Å². The Kier molecular flexibility index (Phi) is 4.96. The molecular weight excluding hydrogens is 282 g/mol. The maximum atomic E-state index is 13.0. The molecule has 0 bridgehead atoms. The largest absolute Gasteiger partial charge is 0.416 e. The molecule has 112 valence electrons. The Balaban J connectivity index is 1.84. The van der Waals surface area contributed by atoms with Crippen LogP contribution in [0.5, 0.6) is 0 Å². The average molecular weight is 297 g/mol. The summed E-state index contributed by atoms with van der Waals surface area (Å²) in [6.45, 7) is 0.916. The number of hydrogen-bond donors (Lipinski definition) is 1. The highest BCUT2D eigenvalue weighted by Gasteiger charge is 2.30. The first kappa shape index (κ1) is 15.5. The zero-order valence-electron chi connectivity index (χ0n) is 11.3. The molecule has 0 aliphatic carbocycles. The van der Waals surface area contributed by atoms with E-state index in [0.717, 1.165) is 17.7 Å². The lowest BCUT2D eigenvalue weighted by atomic mass is 10.1. The number of rotatable bonds is 5. The lowest BCUT2D eigenvalue weighted by Crippen LogP contribution is -2.17. The van der Waals surface area contributed by atoms with Crippen molar-refractivity contribution in [3.63, 3.8) is 0 Å². The zero-order valence-corrected chi connectivity index (χ0v) is 11.3. The Morgan fingerprint density at radius 2 is 1.62 bits per heavy atom. The highest BCUT2D eigenvalue weighted by atomic mass is 19.4. The van der Waals surface area contributed by atoms with Gasteiger partial charge in [0.25, 0.3) is 0 Å². The van der Waals surface area contributed by atoms with E-state index in [-0.39, 0.29) is 5.82 Å². The van der Waals surface area contributed by atoms with Crippen molar-refractivity contribution in [3.8, 4) is 0 Å². The molecular formula is C16H15F4N. The van der Waals surface area contributed by atoms with Crippen LogP contribution in [0.25, 0.3) is 0 Å². The van der Waals surface area contributed by atoms with Gasteiger partial charge in [-0.05, 0) is 42.3 Å². The van der Waals surface area contributed by atoms with E-state index in [2.05, 4.69) is 5.32 Å². The van der Waals surface area contributed by atoms with Crippen molar-refractivity contribution >= 4 is 0 Å². The SMILES string of the molecule is Fc1cccc(CCNCc2cccc(C(F)(F)F)c2)c1. The molecule has 0 aliphatic heterocycles. The third-order valence-electron chi connectivity index (χ3n) is 3.06. The van der Waals surface area contributed by atoms with Crippen molar-refractivity contribution in [2.75, 3.05) is 6.54 Å². The second-order valence-corrected chi connectivity index (χ2v) is 4.75. The number of hydrogen-bond acceptors (Lipinski definition) is 1. The molecule has 0 spiro atoms. The summed E-state index contributed by atoms with van der Waals surface area (Å²) >= 11 is 0. The van der Waals surface area contributed by atoms with Crippen LogP contribution < -0.4 is 5.32 Å². The molecule has 0 saturated carbocycles. The molecule has 2 rings (SSSR count). The summed E-state index contributed by atoms with van der Waals surface area (Å²) in [5.41, 5.74) is 0.780. The summed E-state index contributed by atoms with van der Waals surface area (Å²) in [7, 11) is 0. The van der Waals surface area contributed by atoms with Crippen molar-refractivity contribution in [3.05, 3.63) is 71.0 Å². The van der Waals surface area contributed by atoms with Crippen molar-refractivity contribution in [1.82, 2.24) is 5.32 Å². The number of alkyl halides is 3. The second kappa shape index (κ2) is 6.72. The van der Waals surface area contributed by atoms with Gasteiger partial charge in [0.1, 0.15) is 5.82 Å². The number of nitrogens with one attached hydrogen (secondary N) is 1. The van der Waals surface area contributed by atoms with Crippen LogP contribution in [0.2, 0.25) is 0 Å². The number of benzene rings is 2. The van der Waals surface area contributed by atoms with Gasteiger partial charge in [-0.1, -0.05) is 30.3 Å². The first-order valence-electron chi connectivity index (χ1n) is 6.56. The van der Waals surface area contributed by atoms with E-state index < -0.39 is 11.7 Å². The van der Waals surface area contributed by atoms with E-state index >= 15 is 0 Å². The van der Waals surface area contributed by atoms with Crippen molar-refractivity contribution in [2.45, 2.75) is 19.1 Å². The van der Waals surface area contributed by atoms with E-state index in [0.29, 0.717) is 25.1 Å². The minimum absolute atomic E-state index is 0.287. The maximum Gasteiger partial charge on any atom is 0.416 e. The summed E-state index contributed by atoms with van der Waals surface area (Å²) in [6.07, 6.45) is -3.70. The summed E-state index contributed by atoms with van der Waals surface area (Å²) < 4.78 is 50.6. The van der Waals surface area contributed by atoms with Gasteiger partial charge in [-0.15, -0.1) is 0 Å². The molecule has 0 unspecified atom stereocenters. The van der Waals surface area contributed by atoms with E-state index in [4.69, 9.17) is 0 Å². The molecule has 0 aromatic heterocycles. The number of halogens is 4. The molecule has 0 amide bonds. The molecule has 2 aromatic rings. The van der Waals surface area contributed by atoms with Crippen LogP contribution in [0.3, 0.4) is 0 Å². The Morgan fingerprint density at radius 1 is 0.905 bits per heavy atom. The van der Waals surface area contributed by atoms with Gasteiger partial charge in [-0.2, -0.15) is 13.2 Å². The monoisotopic (exact) mass is 297 g/mol.